The summed E-state index contributed by atoms with van der Waals surface area (Å²) in [4.78, 5) is 21.5. The van der Waals surface area contributed by atoms with Crippen molar-refractivity contribution in [2.24, 2.45) is 5.92 Å². The maximum absolute atomic E-state index is 10.8. The predicted molar refractivity (Wildman–Crippen MR) is 47.4 cm³/mol. The van der Waals surface area contributed by atoms with Gasteiger partial charge in [-0.25, -0.2) is 4.79 Å². The molecule has 0 aliphatic heterocycles. The fourth-order valence-corrected chi connectivity index (χ4v) is 0.518. The van der Waals surface area contributed by atoms with E-state index in [2.05, 4.69) is 9.47 Å². The van der Waals surface area contributed by atoms with Gasteiger partial charge in [-0.3, -0.25) is 4.79 Å². The number of Topliss-reactive ketones (excluding diaryl/α,β-unsaturated/α-hetero) is 1. The van der Waals surface area contributed by atoms with Crippen LogP contribution < -0.4 is 0 Å². The maximum atomic E-state index is 10.8. The molecule has 13 heavy (non-hydrogen) atoms. The molecule has 0 spiro atoms. The molecule has 0 saturated carbocycles. The van der Waals surface area contributed by atoms with Gasteiger partial charge in [0.25, 0.3) is 0 Å². The van der Waals surface area contributed by atoms with Crippen LogP contribution in [0.1, 0.15) is 27.2 Å². The molecule has 0 aromatic carbocycles. The van der Waals surface area contributed by atoms with E-state index in [1.54, 1.807) is 6.92 Å². The van der Waals surface area contributed by atoms with Gasteiger partial charge in [-0.2, -0.15) is 0 Å². The molecule has 0 N–H and O–H groups in total. The van der Waals surface area contributed by atoms with Gasteiger partial charge in [0.15, 0.2) is 12.4 Å². The van der Waals surface area contributed by atoms with Gasteiger partial charge < -0.3 is 9.47 Å². The van der Waals surface area contributed by atoms with Crippen LogP contribution in [0.3, 0.4) is 0 Å². The standard InChI is InChI=1S/C9H16O4/c1-4-8(10)6-13-9(11)12-5-7(2)3/h7H,4-6H2,1-3H3. The molecule has 0 atom stereocenters. The quantitative estimate of drug-likeness (QED) is 0.617. The van der Waals surface area contributed by atoms with E-state index in [0.29, 0.717) is 13.0 Å². The number of carbonyl (C=O) groups is 2. The molecule has 0 amide bonds. The van der Waals surface area contributed by atoms with Gasteiger partial charge in [0.1, 0.15) is 0 Å². The molecule has 0 rings (SSSR count). The Hall–Kier alpha value is -1.06. The van der Waals surface area contributed by atoms with E-state index in [0.717, 1.165) is 0 Å². The molecule has 0 aliphatic carbocycles. The van der Waals surface area contributed by atoms with E-state index >= 15 is 0 Å². The molecular formula is C9H16O4. The largest absolute Gasteiger partial charge is 0.508 e. The van der Waals surface area contributed by atoms with Gasteiger partial charge in [-0.15, -0.1) is 0 Å². The van der Waals surface area contributed by atoms with Crippen LogP contribution in [0.4, 0.5) is 4.79 Å². The zero-order chi connectivity index (χ0) is 10.3. The van der Waals surface area contributed by atoms with Crippen molar-refractivity contribution in [3.05, 3.63) is 0 Å². The van der Waals surface area contributed by atoms with E-state index in [1.807, 2.05) is 13.8 Å². The third-order valence-electron chi connectivity index (χ3n) is 1.28. The van der Waals surface area contributed by atoms with Crippen LogP contribution in [0.15, 0.2) is 0 Å². The van der Waals surface area contributed by atoms with Crippen LogP contribution in [0.2, 0.25) is 0 Å². The molecule has 0 fully saturated rings. The molecule has 4 nitrogen and oxygen atoms in total. The second kappa shape index (κ2) is 6.46. The molecule has 0 aromatic rings. The number of ketones is 1. The normalized spacial score (nSPS) is 9.85. The zero-order valence-electron chi connectivity index (χ0n) is 8.33. The molecule has 0 aromatic heterocycles. The molecular weight excluding hydrogens is 172 g/mol. The lowest BCUT2D eigenvalue weighted by atomic mass is 10.2. The summed E-state index contributed by atoms with van der Waals surface area (Å²) in [6.45, 7) is 5.69. The van der Waals surface area contributed by atoms with Gasteiger partial charge in [0.2, 0.25) is 0 Å². The fourth-order valence-electron chi connectivity index (χ4n) is 0.518. The third-order valence-corrected chi connectivity index (χ3v) is 1.28. The van der Waals surface area contributed by atoms with Crippen molar-refractivity contribution in [1.29, 1.82) is 0 Å². The first-order valence-corrected chi connectivity index (χ1v) is 4.37. The van der Waals surface area contributed by atoms with Crippen molar-refractivity contribution in [3.63, 3.8) is 0 Å². The highest BCUT2D eigenvalue weighted by molar-refractivity contribution is 5.80. The van der Waals surface area contributed by atoms with Gasteiger partial charge in [-0.1, -0.05) is 20.8 Å². The van der Waals surface area contributed by atoms with Crippen LogP contribution in [0, 0.1) is 5.92 Å². The highest BCUT2D eigenvalue weighted by Crippen LogP contribution is 1.95. The maximum Gasteiger partial charge on any atom is 0.508 e. The summed E-state index contributed by atoms with van der Waals surface area (Å²) in [5.74, 6) is 0.163. The van der Waals surface area contributed by atoms with Crippen molar-refractivity contribution < 1.29 is 19.1 Å². The Morgan fingerprint density at radius 1 is 1.23 bits per heavy atom. The summed E-state index contributed by atoms with van der Waals surface area (Å²) >= 11 is 0. The van der Waals surface area contributed by atoms with Crippen LogP contribution >= 0.6 is 0 Å². The first kappa shape index (κ1) is 11.9. The molecule has 0 radical (unpaired) electrons. The summed E-state index contributed by atoms with van der Waals surface area (Å²) in [6, 6.07) is 0. The van der Waals surface area contributed by atoms with E-state index in [4.69, 9.17) is 0 Å². The average Bonchev–Trinajstić information content (AvgIpc) is 2.10. The summed E-state index contributed by atoms with van der Waals surface area (Å²) in [6.07, 6.45) is -0.396. The average molecular weight is 188 g/mol. The van der Waals surface area contributed by atoms with Crippen LogP contribution in [-0.4, -0.2) is 25.2 Å². The van der Waals surface area contributed by atoms with Crippen molar-refractivity contribution >= 4 is 11.9 Å². The molecule has 4 heteroatoms. The highest BCUT2D eigenvalue weighted by Gasteiger charge is 2.07. The summed E-state index contributed by atoms with van der Waals surface area (Å²) in [5, 5.41) is 0. The van der Waals surface area contributed by atoms with E-state index in [-0.39, 0.29) is 18.3 Å². The predicted octanol–water partition coefficient (Wildman–Crippen LogP) is 1.77. The Morgan fingerprint density at radius 2 is 1.85 bits per heavy atom. The molecule has 0 saturated heterocycles. The van der Waals surface area contributed by atoms with E-state index < -0.39 is 6.16 Å². The summed E-state index contributed by atoms with van der Waals surface area (Å²) < 4.78 is 9.22. The topological polar surface area (TPSA) is 52.6 Å². The second-order valence-electron chi connectivity index (χ2n) is 3.14. The Bertz CT molecular complexity index is 174. The third kappa shape index (κ3) is 7.31. The molecule has 0 aliphatic rings. The van der Waals surface area contributed by atoms with Crippen LogP contribution in [0.25, 0.3) is 0 Å². The van der Waals surface area contributed by atoms with Crippen molar-refractivity contribution in [2.75, 3.05) is 13.2 Å². The molecule has 0 heterocycles. The number of ether oxygens (including phenoxy) is 2. The summed E-state index contributed by atoms with van der Waals surface area (Å²) in [5.41, 5.74) is 0. The molecule has 76 valence electrons. The lowest BCUT2D eigenvalue weighted by molar-refractivity contribution is -0.122. The fraction of sp³-hybridized carbons (Fsp3) is 0.778. The number of carbonyl (C=O) groups excluding carboxylic acids is 2. The Kier molecular flexibility index (Phi) is 5.93. The van der Waals surface area contributed by atoms with Crippen LogP contribution in [-0.2, 0) is 14.3 Å². The zero-order valence-corrected chi connectivity index (χ0v) is 8.33. The van der Waals surface area contributed by atoms with Gasteiger partial charge >= 0.3 is 6.16 Å². The SMILES string of the molecule is CCC(=O)COC(=O)OCC(C)C. The smallest absolute Gasteiger partial charge is 0.434 e. The Labute approximate surface area is 78.2 Å². The van der Waals surface area contributed by atoms with E-state index in [1.165, 1.54) is 0 Å². The monoisotopic (exact) mass is 188 g/mol. The van der Waals surface area contributed by atoms with Gasteiger partial charge in [-0.05, 0) is 5.92 Å². The lowest BCUT2D eigenvalue weighted by Crippen LogP contribution is -2.16. The van der Waals surface area contributed by atoms with E-state index in [9.17, 15) is 9.59 Å². The lowest BCUT2D eigenvalue weighted by Gasteiger charge is -2.06. The van der Waals surface area contributed by atoms with Crippen molar-refractivity contribution in [3.8, 4) is 0 Å². The molecule has 0 unspecified atom stereocenters. The van der Waals surface area contributed by atoms with Gasteiger partial charge in [0.05, 0.1) is 6.61 Å². The summed E-state index contributed by atoms with van der Waals surface area (Å²) in [7, 11) is 0. The number of hydrogen-bond acceptors (Lipinski definition) is 4. The minimum Gasteiger partial charge on any atom is -0.434 e. The van der Waals surface area contributed by atoms with Crippen molar-refractivity contribution in [1.82, 2.24) is 0 Å². The Balaban J connectivity index is 3.46. The first-order chi connectivity index (χ1) is 6.06. The minimum atomic E-state index is -0.768. The highest BCUT2D eigenvalue weighted by atomic mass is 16.7. The number of rotatable bonds is 5. The second-order valence-corrected chi connectivity index (χ2v) is 3.14. The molecule has 0 bridgehead atoms. The minimum absolute atomic E-state index is 0.110. The first-order valence-electron chi connectivity index (χ1n) is 4.37. The van der Waals surface area contributed by atoms with Crippen LogP contribution in [0.5, 0.6) is 0 Å². The van der Waals surface area contributed by atoms with Crippen molar-refractivity contribution in [2.45, 2.75) is 27.2 Å². The Morgan fingerprint density at radius 3 is 2.31 bits per heavy atom. The number of hydrogen-bond donors (Lipinski definition) is 0. The van der Waals surface area contributed by atoms with Gasteiger partial charge in [0, 0.05) is 6.42 Å².